The Hall–Kier alpha value is -0.430. The van der Waals surface area contributed by atoms with Gasteiger partial charge in [-0.15, -0.1) is 0 Å². The van der Waals surface area contributed by atoms with Crippen molar-refractivity contribution in [2.24, 2.45) is 5.92 Å². The summed E-state index contributed by atoms with van der Waals surface area (Å²) in [6.07, 6.45) is 4.93. The van der Waals surface area contributed by atoms with Crippen LogP contribution in [0.2, 0.25) is 0 Å². The molecule has 21 heavy (non-hydrogen) atoms. The third kappa shape index (κ3) is 3.50. The number of aromatic nitrogens is 2. The van der Waals surface area contributed by atoms with Gasteiger partial charge in [-0.25, -0.2) is 0 Å². The molecule has 6 heteroatoms. The summed E-state index contributed by atoms with van der Waals surface area (Å²) < 4.78 is 13.5. The standard InChI is InChI=1S/C15H25BrN2O3/c1-11-4-6-15(21-3,7-5-11)14(19)13-12(16)10-17-18(13)8-9-20-2/h10-11,14,19H,4-9H2,1-3H3. The van der Waals surface area contributed by atoms with Crippen LogP contribution in [0.3, 0.4) is 0 Å². The van der Waals surface area contributed by atoms with Crippen LogP contribution in [-0.2, 0) is 16.0 Å². The molecule has 0 bridgehead atoms. The second-order valence-electron chi connectivity index (χ2n) is 5.95. The van der Waals surface area contributed by atoms with Crippen molar-refractivity contribution < 1.29 is 14.6 Å². The third-order valence-electron chi connectivity index (χ3n) is 4.62. The molecule has 1 aromatic rings. The molecule has 1 N–H and O–H groups in total. The first kappa shape index (κ1) is 16.9. The Kier molecular flexibility index (Phi) is 5.82. The summed E-state index contributed by atoms with van der Waals surface area (Å²) >= 11 is 3.50. The van der Waals surface area contributed by atoms with Crippen LogP contribution in [0.5, 0.6) is 0 Å². The second-order valence-corrected chi connectivity index (χ2v) is 6.80. The molecule has 1 aliphatic rings. The highest BCUT2D eigenvalue weighted by Crippen LogP contribution is 2.44. The lowest BCUT2D eigenvalue weighted by Gasteiger charge is -2.41. The van der Waals surface area contributed by atoms with Crippen molar-refractivity contribution in [1.29, 1.82) is 0 Å². The highest BCUT2D eigenvalue weighted by Gasteiger charge is 2.43. The molecule has 1 fully saturated rings. The summed E-state index contributed by atoms with van der Waals surface area (Å²) in [5.41, 5.74) is 0.267. The van der Waals surface area contributed by atoms with Gasteiger partial charge in [0, 0.05) is 14.2 Å². The second kappa shape index (κ2) is 7.22. The van der Waals surface area contributed by atoms with Crippen molar-refractivity contribution >= 4 is 15.9 Å². The molecular formula is C15H25BrN2O3. The molecule has 0 spiro atoms. The lowest BCUT2D eigenvalue weighted by molar-refractivity contribution is -0.133. The zero-order valence-electron chi connectivity index (χ0n) is 13.0. The molecule has 1 saturated carbocycles. The van der Waals surface area contributed by atoms with Gasteiger partial charge in [0.1, 0.15) is 6.10 Å². The van der Waals surface area contributed by atoms with Gasteiger partial charge in [-0.3, -0.25) is 4.68 Å². The number of aliphatic hydroxyl groups excluding tert-OH is 1. The van der Waals surface area contributed by atoms with Gasteiger partial charge in [0.2, 0.25) is 0 Å². The molecule has 1 aliphatic carbocycles. The van der Waals surface area contributed by atoms with Crippen LogP contribution in [-0.4, -0.2) is 41.3 Å². The normalized spacial score (nSPS) is 27.8. The molecule has 120 valence electrons. The van der Waals surface area contributed by atoms with Gasteiger partial charge < -0.3 is 14.6 Å². The van der Waals surface area contributed by atoms with Crippen LogP contribution in [0.25, 0.3) is 0 Å². The first-order valence-electron chi connectivity index (χ1n) is 7.47. The van der Waals surface area contributed by atoms with Crippen LogP contribution in [0, 0.1) is 5.92 Å². The Balaban J connectivity index is 2.25. The van der Waals surface area contributed by atoms with Crippen LogP contribution >= 0.6 is 15.9 Å². The number of hydrogen-bond acceptors (Lipinski definition) is 4. The van der Waals surface area contributed by atoms with Gasteiger partial charge in [0.15, 0.2) is 0 Å². The Morgan fingerprint density at radius 3 is 2.71 bits per heavy atom. The first-order valence-corrected chi connectivity index (χ1v) is 8.26. The summed E-state index contributed by atoms with van der Waals surface area (Å²) in [6.45, 7) is 3.43. The largest absolute Gasteiger partial charge is 0.384 e. The van der Waals surface area contributed by atoms with Crippen molar-refractivity contribution in [3.8, 4) is 0 Å². The SMILES string of the molecule is COCCn1ncc(Br)c1C(O)C1(OC)CCC(C)CC1. The van der Waals surface area contributed by atoms with E-state index in [1.807, 2.05) is 0 Å². The van der Waals surface area contributed by atoms with Gasteiger partial charge in [0.25, 0.3) is 0 Å². The Morgan fingerprint density at radius 2 is 2.14 bits per heavy atom. The van der Waals surface area contributed by atoms with E-state index in [1.54, 1.807) is 25.1 Å². The molecule has 2 rings (SSSR count). The molecule has 1 aromatic heterocycles. The topological polar surface area (TPSA) is 56.5 Å². The van der Waals surface area contributed by atoms with Gasteiger partial charge >= 0.3 is 0 Å². The highest BCUT2D eigenvalue weighted by atomic mass is 79.9. The molecule has 0 aromatic carbocycles. The summed E-state index contributed by atoms with van der Waals surface area (Å²) in [5, 5.41) is 15.3. The smallest absolute Gasteiger partial charge is 0.126 e. The van der Waals surface area contributed by atoms with E-state index in [2.05, 4.69) is 28.0 Å². The van der Waals surface area contributed by atoms with E-state index in [-0.39, 0.29) is 0 Å². The van der Waals surface area contributed by atoms with Crippen molar-refractivity contribution in [2.45, 2.75) is 50.9 Å². The van der Waals surface area contributed by atoms with Crippen molar-refractivity contribution in [2.75, 3.05) is 20.8 Å². The number of methoxy groups -OCH3 is 2. The fourth-order valence-corrected chi connectivity index (χ4v) is 3.60. The minimum Gasteiger partial charge on any atom is -0.384 e. The maximum atomic E-state index is 11.0. The van der Waals surface area contributed by atoms with Gasteiger partial charge in [-0.05, 0) is 47.5 Å². The third-order valence-corrected chi connectivity index (χ3v) is 5.24. The van der Waals surface area contributed by atoms with Crippen LogP contribution < -0.4 is 0 Å². The fraction of sp³-hybridized carbons (Fsp3) is 0.800. The number of halogens is 1. The summed E-state index contributed by atoms with van der Waals surface area (Å²) in [7, 11) is 3.36. The maximum absolute atomic E-state index is 11.0. The minimum atomic E-state index is -0.691. The van der Waals surface area contributed by atoms with Crippen molar-refractivity contribution in [3.05, 3.63) is 16.4 Å². The van der Waals surface area contributed by atoms with Crippen LogP contribution in [0.15, 0.2) is 10.7 Å². The van der Waals surface area contributed by atoms with E-state index in [0.29, 0.717) is 19.1 Å². The molecule has 1 atom stereocenters. The zero-order valence-corrected chi connectivity index (χ0v) is 14.6. The molecule has 0 aliphatic heterocycles. The van der Waals surface area contributed by atoms with E-state index in [9.17, 15) is 5.11 Å². The average molecular weight is 361 g/mol. The van der Waals surface area contributed by atoms with Crippen molar-refractivity contribution in [3.63, 3.8) is 0 Å². The number of nitrogens with zero attached hydrogens (tertiary/aromatic N) is 2. The molecule has 0 saturated heterocycles. The quantitative estimate of drug-likeness (QED) is 0.847. The van der Waals surface area contributed by atoms with E-state index in [1.165, 1.54) is 0 Å². The zero-order chi connectivity index (χ0) is 15.5. The lowest BCUT2D eigenvalue weighted by atomic mass is 9.75. The van der Waals surface area contributed by atoms with E-state index in [4.69, 9.17) is 9.47 Å². The summed E-state index contributed by atoms with van der Waals surface area (Å²) in [6, 6.07) is 0. The molecular weight excluding hydrogens is 336 g/mol. The van der Waals surface area contributed by atoms with Gasteiger partial charge in [-0.1, -0.05) is 6.92 Å². The summed E-state index contributed by atoms with van der Waals surface area (Å²) in [5.74, 6) is 0.697. The predicted molar refractivity (Wildman–Crippen MR) is 84.1 cm³/mol. The Morgan fingerprint density at radius 1 is 1.48 bits per heavy atom. The Bertz CT molecular complexity index is 456. The maximum Gasteiger partial charge on any atom is 0.126 e. The summed E-state index contributed by atoms with van der Waals surface area (Å²) in [4.78, 5) is 0. The van der Waals surface area contributed by atoms with Crippen LogP contribution in [0.1, 0.15) is 44.4 Å². The minimum absolute atomic E-state index is 0.514. The molecule has 5 nitrogen and oxygen atoms in total. The molecule has 1 heterocycles. The highest BCUT2D eigenvalue weighted by molar-refractivity contribution is 9.10. The average Bonchev–Trinajstić information content (AvgIpc) is 2.86. The lowest BCUT2D eigenvalue weighted by Crippen LogP contribution is -2.43. The fourth-order valence-electron chi connectivity index (χ4n) is 3.09. The number of aliphatic hydroxyl groups is 1. The molecule has 0 radical (unpaired) electrons. The van der Waals surface area contributed by atoms with E-state index < -0.39 is 11.7 Å². The Labute approximate surface area is 134 Å². The predicted octanol–water partition coefficient (Wildman–Crippen LogP) is 2.92. The van der Waals surface area contributed by atoms with Crippen molar-refractivity contribution in [1.82, 2.24) is 9.78 Å². The van der Waals surface area contributed by atoms with Gasteiger partial charge in [-0.2, -0.15) is 5.10 Å². The first-order chi connectivity index (χ1) is 10.0. The van der Waals surface area contributed by atoms with E-state index in [0.717, 1.165) is 35.8 Å². The number of rotatable bonds is 6. The number of hydrogen-bond donors (Lipinski definition) is 1. The van der Waals surface area contributed by atoms with Crippen LogP contribution in [0.4, 0.5) is 0 Å². The number of ether oxygens (including phenoxy) is 2. The van der Waals surface area contributed by atoms with Gasteiger partial charge in [0.05, 0.1) is 35.1 Å². The molecule has 0 amide bonds. The van der Waals surface area contributed by atoms with E-state index >= 15 is 0 Å². The monoisotopic (exact) mass is 360 g/mol. The molecule has 1 unspecified atom stereocenters.